The predicted octanol–water partition coefficient (Wildman–Crippen LogP) is 2.17. The Labute approximate surface area is 128 Å². The Morgan fingerprint density at radius 2 is 1.90 bits per heavy atom. The first-order valence-corrected chi connectivity index (χ1v) is 7.77. The van der Waals surface area contributed by atoms with E-state index in [1.54, 1.807) is 0 Å². The molecule has 21 heavy (non-hydrogen) atoms. The molecule has 2 rings (SSSR count). The van der Waals surface area contributed by atoms with E-state index < -0.39 is 0 Å². The number of hydrogen-bond donors (Lipinski definition) is 2. The summed E-state index contributed by atoms with van der Waals surface area (Å²) in [7, 11) is 6.07. The largest absolute Gasteiger partial charge is 0.356 e. The molecule has 1 aromatic carbocycles. The molecule has 0 amide bonds. The summed E-state index contributed by atoms with van der Waals surface area (Å²) < 4.78 is 0. The molecule has 0 aromatic heterocycles. The van der Waals surface area contributed by atoms with Crippen molar-refractivity contribution in [3.05, 3.63) is 35.4 Å². The van der Waals surface area contributed by atoms with Crippen LogP contribution in [-0.2, 0) is 0 Å². The van der Waals surface area contributed by atoms with Crippen LogP contribution in [0, 0.1) is 12.8 Å². The summed E-state index contributed by atoms with van der Waals surface area (Å²) in [5.41, 5.74) is 2.63. The monoisotopic (exact) mass is 288 g/mol. The maximum absolute atomic E-state index is 4.30. The minimum Gasteiger partial charge on any atom is -0.356 e. The van der Waals surface area contributed by atoms with Gasteiger partial charge in [0.2, 0.25) is 0 Å². The van der Waals surface area contributed by atoms with Crippen molar-refractivity contribution in [3.63, 3.8) is 0 Å². The van der Waals surface area contributed by atoms with Gasteiger partial charge in [0.25, 0.3) is 0 Å². The standard InChI is InChI=1S/C17H28N4/c1-13-5-9-15(10-6-13)16(21(3)4)12-20-17(18-2)19-11-14-7-8-14/h5-6,9-10,14,16H,7-8,11-12H2,1-4H3,(H2,18,19,20). The van der Waals surface area contributed by atoms with Gasteiger partial charge in [0.15, 0.2) is 5.96 Å². The van der Waals surface area contributed by atoms with E-state index in [9.17, 15) is 0 Å². The normalized spacial score (nSPS) is 16.9. The van der Waals surface area contributed by atoms with E-state index in [1.165, 1.54) is 24.0 Å². The predicted molar refractivity (Wildman–Crippen MR) is 89.7 cm³/mol. The highest BCUT2D eigenvalue weighted by Gasteiger charge is 2.21. The van der Waals surface area contributed by atoms with Crippen LogP contribution in [0.25, 0.3) is 0 Å². The molecule has 1 aromatic rings. The van der Waals surface area contributed by atoms with E-state index in [0.29, 0.717) is 6.04 Å². The molecule has 0 bridgehead atoms. The Kier molecular flexibility index (Phi) is 5.62. The van der Waals surface area contributed by atoms with Crippen molar-refractivity contribution in [2.24, 2.45) is 10.9 Å². The molecule has 1 aliphatic carbocycles. The molecule has 0 spiro atoms. The highest BCUT2D eigenvalue weighted by atomic mass is 15.2. The van der Waals surface area contributed by atoms with E-state index in [-0.39, 0.29) is 0 Å². The highest BCUT2D eigenvalue weighted by molar-refractivity contribution is 5.79. The van der Waals surface area contributed by atoms with Gasteiger partial charge < -0.3 is 15.5 Å². The molecule has 1 atom stereocenters. The second kappa shape index (κ2) is 7.46. The number of aryl methyl sites for hydroxylation is 1. The fraction of sp³-hybridized carbons (Fsp3) is 0.588. The van der Waals surface area contributed by atoms with Gasteiger partial charge in [-0.3, -0.25) is 4.99 Å². The number of rotatable bonds is 6. The van der Waals surface area contributed by atoms with E-state index in [1.807, 2.05) is 7.05 Å². The minimum atomic E-state index is 0.338. The third-order valence-corrected chi connectivity index (χ3v) is 4.03. The highest BCUT2D eigenvalue weighted by Crippen LogP contribution is 2.27. The maximum Gasteiger partial charge on any atom is 0.191 e. The van der Waals surface area contributed by atoms with Crippen LogP contribution in [0.5, 0.6) is 0 Å². The molecule has 4 nitrogen and oxygen atoms in total. The second-order valence-corrected chi connectivity index (χ2v) is 6.17. The molecule has 1 unspecified atom stereocenters. The molecule has 1 saturated carbocycles. The van der Waals surface area contributed by atoms with Gasteiger partial charge >= 0.3 is 0 Å². The van der Waals surface area contributed by atoms with Crippen LogP contribution < -0.4 is 10.6 Å². The van der Waals surface area contributed by atoms with Crippen LogP contribution in [0.4, 0.5) is 0 Å². The van der Waals surface area contributed by atoms with E-state index in [2.05, 4.69) is 65.8 Å². The summed E-state index contributed by atoms with van der Waals surface area (Å²) in [4.78, 5) is 6.54. The van der Waals surface area contributed by atoms with Crippen LogP contribution in [0.15, 0.2) is 29.3 Å². The molecular weight excluding hydrogens is 260 g/mol. The number of likely N-dealkylation sites (N-methyl/N-ethyl adjacent to an activating group) is 1. The van der Waals surface area contributed by atoms with E-state index >= 15 is 0 Å². The van der Waals surface area contributed by atoms with Crippen molar-refractivity contribution in [1.82, 2.24) is 15.5 Å². The number of hydrogen-bond acceptors (Lipinski definition) is 2. The van der Waals surface area contributed by atoms with Crippen molar-refractivity contribution in [2.75, 3.05) is 34.2 Å². The molecular formula is C17H28N4. The summed E-state index contributed by atoms with van der Waals surface area (Å²) in [5.74, 6) is 1.76. The van der Waals surface area contributed by atoms with Crippen molar-refractivity contribution < 1.29 is 0 Å². The Bertz CT molecular complexity index is 460. The average Bonchev–Trinajstić information content (AvgIpc) is 3.28. The molecule has 1 aliphatic rings. The first-order chi connectivity index (χ1) is 10.1. The topological polar surface area (TPSA) is 39.7 Å². The lowest BCUT2D eigenvalue weighted by Gasteiger charge is -2.26. The number of aliphatic imine (C=N–C) groups is 1. The van der Waals surface area contributed by atoms with Gasteiger partial charge in [-0.1, -0.05) is 29.8 Å². The zero-order valence-electron chi connectivity index (χ0n) is 13.7. The van der Waals surface area contributed by atoms with Gasteiger partial charge in [0.1, 0.15) is 0 Å². The Hall–Kier alpha value is -1.55. The fourth-order valence-electron chi connectivity index (χ4n) is 2.36. The number of benzene rings is 1. The molecule has 4 heteroatoms. The van der Waals surface area contributed by atoms with Gasteiger partial charge in [-0.2, -0.15) is 0 Å². The summed E-state index contributed by atoms with van der Waals surface area (Å²) in [6.45, 7) is 4.01. The quantitative estimate of drug-likeness (QED) is 0.622. The molecule has 0 saturated heterocycles. The lowest BCUT2D eigenvalue weighted by Crippen LogP contribution is -2.42. The van der Waals surface area contributed by atoms with Gasteiger partial charge in [-0.05, 0) is 45.3 Å². The van der Waals surface area contributed by atoms with Crippen LogP contribution in [0.2, 0.25) is 0 Å². The summed E-state index contributed by atoms with van der Waals surface area (Å²) in [6.07, 6.45) is 2.71. The zero-order valence-corrected chi connectivity index (χ0v) is 13.7. The zero-order chi connectivity index (χ0) is 15.2. The molecule has 116 valence electrons. The Morgan fingerprint density at radius 3 is 2.43 bits per heavy atom. The lowest BCUT2D eigenvalue weighted by molar-refractivity contribution is 0.298. The van der Waals surface area contributed by atoms with Gasteiger partial charge in [-0.25, -0.2) is 0 Å². The number of nitrogens with zero attached hydrogens (tertiary/aromatic N) is 2. The Morgan fingerprint density at radius 1 is 1.24 bits per heavy atom. The summed E-state index contributed by atoms with van der Waals surface area (Å²) in [5, 5.41) is 6.85. The van der Waals surface area contributed by atoms with Crippen LogP contribution >= 0.6 is 0 Å². The minimum absolute atomic E-state index is 0.338. The van der Waals surface area contributed by atoms with E-state index in [4.69, 9.17) is 0 Å². The third kappa shape index (κ3) is 5.05. The van der Waals surface area contributed by atoms with Crippen molar-refractivity contribution in [3.8, 4) is 0 Å². The molecule has 0 radical (unpaired) electrons. The molecule has 0 aliphatic heterocycles. The van der Waals surface area contributed by atoms with Crippen LogP contribution in [0.3, 0.4) is 0 Å². The molecule has 1 fully saturated rings. The smallest absolute Gasteiger partial charge is 0.191 e. The lowest BCUT2D eigenvalue weighted by atomic mass is 10.0. The van der Waals surface area contributed by atoms with Crippen LogP contribution in [-0.4, -0.2) is 45.1 Å². The first kappa shape index (κ1) is 15.8. The summed E-state index contributed by atoms with van der Waals surface area (Å²) in [6, 6.07) is 9.10. The first-order valence-electron chi connectivity index (χ1n) is 7.77. The SMILES string of the molecule is CN=C(NCC1CC1)NCC(c1ccc(C)cc1)N(C)C. The average molecular weight is 288 g/mol. The van der Waals surface area contributed by atoms with Crippen molar-refractivity contribution in [2.45, 2.75) is 25.8 Å². The van der Waals surface area contributed by atoms with Crippen LogP contribution in [0.1, 0.15) is 30.0 Å². The fourth-order valence-corrected chi connectivity index (χ4v) is 2.36. The Balaban J connectivity index is 1.90. The van der Waals surface area contributed by atoms with Gasteiger partial charge in [0.05, 0.1) is 6.04 Å². The maximum atomic E-state index is 4.30. The van der Waals surface area contributed by atoms with Gasteiger partial charge in [-0.15, -0.1) is 0 Å². The van der Waals surface area contributed by atoms with Crippen molar-refractivity contribution in [1.29, 1.82) is 0 Å². The number of guanidine groups is 1. The third-order valence-electron chi connectivity index (χ3n) is 4.03. The second-order valence-electron chi connectivity index (χ2n) is 6.17. The molecule has 0 heterocycles. The molecule has 2 N–H and O–H groups in total. The number of nitrogens with one attached hydrogen (secondary N) is 2. The summed E-state index contributed by atoms with van der Waals surface area (Å²) >= 11 is 0. The van der Waals surface area contributed by atoms with E-state index in [0.717, 1.165) is 25.0 Å². The van der Waals surface area contributed by atoms with Crippen molar-refractivity contribution >= 4 is 5.96 Å². The van der Waals surface area contributed by atoms with Gasteiger partial charge in [0, 0.05) is 20.1 Å².